The highest BCUT2D eigenvalue weighted by Gasteiger charge is 2.43. The van der Waals surface area contributed by atoms with Crippen LogP contribution in [0.3, 0.4) is 0 Å². The summed E-state index contributed by atoms with van der Waals surface area (Å²) >= 11 is 0. The molecule has 3 rings (SSSR count). The summed E-state index contributed by atoms with van der Waals surface area (Å²) in [6.07, 6.45) is 2.17. The Hall–Kier alpha value is -1.95. The van der Waals surface area contributed by atoms with Gasteiger partial charge in [0.2, 0.25) is 5.91 Å². The standard InChI is InChI=1S/C19H26FN3O2/c1-3-22-11-10-19(9-8-17(22)24)14-23(13-12-21(19)2)18(25)15-4-6-16(20)7-5-15/h4-7H,3,8-14H2,1-2H3. The van der Waals surface area contributed by atoms with E-state index in [1.165, 1.54) is 24.3 Å². The van der Waals surface area contributed by atoms with Crippen molar-refractivity contribution in [1.82, 2.24) is 14.7 Å². The average molecular weight is 347 g/mol. The smallest absolute Gasteiger partial charge is 0.253 e. The van der Waals surface area contributed by atoms with Gasteiger partial charge in [0.05, 0.1) is 0 Å². The van der Waals surface area contributed by atoms with Gasteiger partial charge in [0.25, 0.3) is 5.91 Å². The molecule has 2 fully saturated rings. The lowest BCUT2D eigenvalue weighted by Gasteiger charge is -2.49. The van der Waals surface area contributed by atoms with Gasteiger partial charge in [-0.2, -0.15) is 0 Å². The van der Waals surface area contributed by atoms with Crippen LogP contribution in [0.2, 0.25) is 0 Å². The van der Waals surface area contributed by atoms with Crippen molar-refractivity contribution in [3.8, 4) is 0 Å². The van der Waals surface area contributed by atoms with E-state index in [0.29, 0.717) is 25.1 Å². The fourth-order valence-electron chi connectivity index (χ4n) is 3.98. The van der Waals surface area contributed by atoms with Gasteiger partial charge in [-0.1, -0.05) is 0 Å². The molecule has 25 heavy (non-hydrogen) atoms. The summed E-state index contributed by atoms with van der Waals surface area (Å²) in [6, 6.07) is 5.72. The van der Waals surface area contributed by atoms with Crippen LogP contribution in [0, 0.1) is 5.82 Å². The summed E-state index contributed by atoms with van der Waals surface area (Å²) in [5, 5.41) is 0. The van der Waals surface area contributed by atoms with Crippen molar-refractivity contribution in [2.75, 3.05) is 39.8 Å². The van der Waals surface area contributed by atoms with E-state index in [0.717, 1.165) is 32.5 Å². The third-order valence-corrected chi connectivity index (χ3v) is 5.76. The molecular formula is C19H26FN3O2. The van der Waals surface area contributed by atoms with E-state index in [2.05, 4.69) is 11.9 Å². The van der Waals surface area contributed by atoms with Gasteiger partial charge in [0.15, 0.2) is 0 Å². The molecule has 5 nitrogen and oxygen atoms in total. The zero-order valence-corrected chi connectivity index (χ0v) is 15.0. The van der Waals surface area contributed by atoms with Gasteiger partial charge in [0, 0.05) is 50.2 Å². The number of hydrogen-bond donors (Lipinski definition) is 0. The van der Waals surface area contributed by atoms with Gasteiger partial charge >= 0.3 is 0 Å². The van der Waals surface area contributed by atoms with Gasteiger partial charge in [-0.25, -0.2) is 4.39 Å². The summed E-state index contributed by atoms with van der Waals surface area (Å²) in [6.45, 7) is 5.53. The van der Waals surface area contributed by atoms with Gasteiger partial charge in [0.1, 0.15) is 5.82 Å². The molecule has 1 unspecified atom stereocenters. The predicted molar refractivity (Wildman–Crippen MR) is 93.8 cm³/mol. The normalized spacial score (nSPS) is 25.3. The zero-order valence-electron chi connectivity index (χ0n) is 15.0. The van der Waals surface area contributed by atoms with E-state index in [-0.39, 0.29) is 23.2 Å². The summed E-state index contributed by atoms with van der Waals surface area (Å²) < 4.78 is 13.1. The molecule has 0 aliphatic carbocycles. The minimum atomic E-state index is -0.340. The quantitative estimate of drug-likeness (QED) is 0.822. The number of hydrogen-bond acceptors (Lipinski definition) is 3. The maximum Gasteiger partial charge on any atom is 0.253 e. The second-order valence-corrected chi connectivity index (χ2v) is 7.10. The lowest BCUT2D eigenvalue weighted by Crippen LogP contribution is -2.62. The number of benzene rings is 1. The molecule has 2 heterocycles. The Kier molecular flexibility index (Phi) is 5.08. The predicted octanol–water partition coefficient (Wildman–Crippen LogP) is 1.98. The molecule has 1 spiro atoms. The number of piperazine rings is 1. The molecule has 2 aliphatic heterocycles. The molecule has 2 amide bonds. The van der Waals surface area contributed by atoms with Crippen molar-refractivity contribution in [3.63, 3.8) is 0 Å². The first-order valence-corrected chi connectivity index (χ1v) is 8.99. The number of carbonyl (C=O) groups excluding carboxylic acids is 2. The Morgan fingerprint density at radius 3 is 2.56 bits per heavy atom. The van der Waals surface area contributed by atoms with Crippen molar-refractivity contribution in [3.05, 3.63) is 35.6 Å². The van der Waals surface area contributed by atoms with Crippen molar-refractivity contribution in [1.29, 1.82) is 0 Å². The van der Waals surface area contributed by atoms with Crippen LogP contribution in [0.25, 0.3) is 0 Å². The molecule has 0 saturated carbocycles. The summed E-state index contributed by atoms with van der Waals surface area (Å²) in [4.78, 5) is 31.1. The Morgan fingerprint density at radius 2 is 1.88 bits per heavy atom. The Labute approximate surface area is 148 Å². The number of carbonyl (C=O) groups is 2. The minimum Gasteiger partial charge on any atom is -0.343 e. The van der Waals surface area contributed by atoms with Crippen LogP contribution in [0.1, 0.15) is 36.5 Å². The number of halogens is 1. The van der Waals surface area contributed by atoms with E-state index in [9.17, 15) is 14.0 Å². The van der Waals surface area contributed by atoms with Crippen LogP contribution in [-0.4, -0.2) is 71.8 Å². The number of likely N-dealkylation sites (N-methyl/N-ethyl adjacent to an activating group) is 1. The topological polar surface area (TPSA) is 43.9 Å². The van der Waals surface area contributed by atoms with Crippen LogP contribution in [0.4, 0.5) is 4.39 Å². The van der Waals surface area contributed by atoms with Crippen molar-refractivity contribution >= 4 is 11.8 Å². The second-order valence-electron chi connectivity index (χ2n) is 7.10. The van der Waals surface area contributed by atoms with Crippen molar-refractivity contribution < 1.29 is 14.0 Å². The Balaban J connectivity index is 1.78. The van der Waals surface area contributed by atoms with Gasteiger partial charge < -0.3 is 9.80 Å². The molecule has 136 valence electrons. The molecule has 1 aromatic carbocycles. The van der Waals surface area contributed by atoms with E-state index >= 15 is 0 Å². The van der Waals surface area contributed by atoms with Gasteiger partial charge in [-0.15, -0.1) is 0 Å². The lowest BCUT2D eigenvalue weighted by atomic mass is 9.86. The van der Waals surface area contributed by atoms with E-state index in [1.54, 1.807) is 0 Å². The maximum absolute atomic E-state index is 13.1. The second kappa shape index (κ2) is 7.12. The number of rotatable bonds is 2. The third kappa shape index (κ3) is 3.54. The Bertz CT molecular complexity index is 649. The van der Waals surface area contributed by atoms with Gasteiger partial charge in [-0.05, 0) is 51.1 Å². The largest absolute Gasteiger partial charge is 0.343 e. The first-order chi connectivity index (χ1) is 11.9. The molecule has 0 N–H and O–H groups in total. The highest BCUT2D eigenvalue weighted by atomic mass is 19.1. The first kappa shape index (κ1) is 17.9. The fraction of sp³-hybridized carbons (Fsp3) is 0.579. The SMILES string of the molecule is CCN1CCC2(CCC1=O)CN(C(=O)c1ccc(F)cc1)CCN2C. The summed E-state index contributed by atoms with van der Waals surface area (Å²) in [5.41, 5.74) is 0.356. The van der Waals surface area contributed by atoms with Crippen LogP contribution in [-0.2, 0) is 4.79 Å². The monoisotopic (exact) mass is 347 g/mol. The average Bonchev–Trinajstić information content (AvgIpc) is 2.77. The van der Waals surface area contributed by atoms with E-state index in [1.807, 2.05) is 16.7 Å². The van der Waals surface area contributed by atoms with Crippen molar-refractivity contribution in [2.24, 2.45) is 0 Å². The molecule has 2 aliphatic rings. The molecule has 1 aromatic rings. The fourth-order valence-corrected chi connectivity index (χ4v) is 3.98. The lowest BCUT2D eigenvalue weighted by molar-refractivity contribution is -0.130. The number of amides is 2. The van der Waals surface area contributed by atoms with E-state index < -0.39 is 0 Å². The molecule has 2 saturated heterocycles. The maximum atomic E-state index is 13.1. The molecule has 0 aromatic heterocycles. The first-order valence-electron chi connectivity index (χ1n) is 8.99. The third-order valence-electron chi connectivity index (χ3n) is 5.76. The number of likely N-dealkylation sites (tertiary alicyclic amines) is 1. The van der Waals surface area contributed by atoms with Crippen LogP contribution < -0.4 is 0 Å². The number of nitrogens with zero attached hydrogens (tertiary/aromatic N) is 3. The molecule has 0 radical (unpaired) electrons. The highest BCUT2D eigenvalue weighted by molar-refractivity contribution is 5.94. The minimum absolute atomic E-state index is 0.0598. The zero-order chi connectivity index (χ0) is 18.0. The highest BCUT2D eigenvalue weighted by Crippen LogP contribution is 2.32. The van der Waals surface area contributed by atoms with Crippen LogP contribution >= 0.6 is 0 Å². The van der Waals surface area contributed by atoms with Gasteiger partial charge in [-0.3, -0.25) is 14.5 Å². The van der Waals surface area contributed by atoms with E-state index in [4.69, 9.17) is 0 Å². The van der Waals surface area contributed by atoms with Crippen molar-refractivity contribution in [2.45, 2.75) is 31.7 Å². The molecule has 6 heteroatoms. The molecule has 0 bridgehead atoms. The summed E-state index contributed by atoms with van der Waals surface area (Å²) in [5.74, 6) is -0.196. The summed E-state index contributed by atoms with van der Waals surface area (Å²) in [7, 11) is 2.09. The Morgan fingerprint density at radius 1 is 1.16 bits per heavy atom. The molecule has 1 atom stereocenters. The van der Waals surface area contributed by atoms with Crippen LogP contribution in [0.5, 0.6) is 0 Å². The molecular weight excluding hydrogens is 321 g/mol. The van der Waals surface area contributed by atoms with Crippen LogP contribution in [0.15, 0.2) is 24.3 Å².